The number of alkyl halides is 3. The van der Waals surface area contributed by atoms with Crippen LogP contribution in [0.3, 0.4) is 0 Å². The Kier molecular flexibility index (Phi) is 6.70. The topological polar surface area (TPSA) is 44.8 Å². The van der Waals surface area contributed by atoms with Crippen molar-refractivity contribution in [3.05, 3.63) is 0 Å². The van der Waals surface area contributed by atoms with Gasteiger partial charge in [-0.05, 0) is 34.1 Å². The molecule has 0 aromatic carbocycles. The number of halogens is 3. The summed E-state index contributed by atoms with van der Waals surface area (Å²) in [4.78, 5) is 15.1. The molecule has 0 aromatic heterocycles. The Morgan fingerprint density at radius 1 is 1.17 bits per heavy atom. The third-order valence-electron chi connectivity index (χ3n) is 4.34. The fourth-order valence-corrected chi connectivity index (χ4v) is 2.69. The van der Waals surface area contributed by atoms with E-state index in [1.54, 1.807) is 12.0 Å². The van der Waals surface area contributed by atoms with Crippen LogP contribution in [0.2, 0.25) is 0 Å². The first-order chi connectivity index (χ1) is 10.5. The average molecular weight is 339 g/mol. The molecule has 0 spiro atoms. The molecular weight excluding hydrogens is 311 g/mol. The second-order valence-corrected chi connectivity index (χ2v) is 6.76. The van der Waals surface area contributed by atoms with Crippen LogP contribution < -0.4 is 5.32 Å². The van der Waals surface area contributed by atoms with Gasteiger partial charge in [0.05, 0.1) is 5.60 Å². The maximum atomic E-state index is 12.7. The van der Waals surface area contributed by atoms with E-state index in [1.165, 1.54) is 4.90 Å². The number of hydrogen-bond donors (Lipinski definition) is 1. The van der Waals surface area contributed by atoms with Crippen LogP contribution in [0.1, 0.15) is 34.1 Å². The molecule has 0 saturated carbocycles. The number of rotatable bonds is 5. The van der Waals surface area contributed by atoms with E-state index in [0.717, 1.165) is 6.92 Å². The lowest BCUT2D eigenvalue weighted by Crippen LogP contribution is -2.57. The number of nitrogens with one attached hydrogen (secondary N) is 1. The van der Waals surface area contributed by atoms with Crippen LogP contribution >= 0.6 is 0 Å². The number of ether oxygens (including phenoxy) is 1. The third kappa shape index (κ3) is 6.18. The van der Waals surface area contributed by atoms with E-state index in [9.17, 15) is 18.0 Å². The van der Waals surface area contributed by atoms with E-state index >= 15 is 0 Å². The number of carbonyl (C=O) groups is 1. The first kappa shape index (κ1) is 20.0. The van der Waals surface area contributed by atoms with Crippen LogP contribution in [0.5, 0.6) is 0 Å². The lowest BCUT2D eigenvalue weighted by atomic mass is 10.00. The SMILES string of the molecule is COC(C)(C)C[C@H](C)NC(=O)N1CCN([C@@H](C)C(F)(F)F)CC1. The standard InChI is InChI=1S/C15H28F3N3O2/c1-11(10-14(3,4)23-5)19-13(22)21-8-6-20(7-9-21)12(2)15(16,17)18/h11-12H,6-10H2,1-5H3,(H,19,22)/t11-,12-/m0/s1. The van der Waals surface area contributed by atoms with Gasteiger partial charge in [-0.3, -0.25) is 4.90 Å². The third-order valence-corrected chi connectivity index (χ3v) is 4.34. The van der Waals surface area contributed by atoms with Gasteiger partial charge < -0.3 is 15.0 Å². The number of nitrogens with zero attached hydrogens (tertiary/aromatic N) is 2. The number of amides is 2. The Morgan fingerprint density at radius 2 is 1.70 bits per heavy atom. The molecule has 1 aliphatic heterocycles. The van der Waals surface area contributed by atoms with Crippen LogP contribution in [0.25, 0.3) is 0 Å². The van der Waals surface area contributed by atoms with Crippen molar-refractivity contribution in [3.8, 4) is 0 Å². The Labute approximate surface area is 136 Å². The number of piperazine rings is 1. The lowest BCUT2D eigenvalue weighted by molar-refractivity contribution is -0.181. The largest absolute Gasteiger partial charge is 0.403 e. The van der Waals surface area contributed by atoms with Crippen molar-refractivity contribution in [1.29, 1.82) is 0 Å². The highest BCUT2D eigenvalue weighted by molar-refractivity contribution is 5.74. The van der Waals surface area contributed by atoms with Gasteiger partial charge in [-0.2, -0.15) is 13.2 Å². The van der Waals surface area contributed by atoms with E-state index in [1.807, 2.05) is 20.8 Å². The van der Waals surface area contributed by atoms with Crippen molar-refractivity contribution >= 4 is 6.03 Å². The molecule has 1 rings (SSSR count). The monoisotopic (exact) mass is 339 g/mol. The van der Waals surface area contributed by atoms with Crippen molar-refractivity contribution in [2.75, 3.05) is 33.3 Å². The van der Waals surface area contributed by atoms with Crippen LogP contribution in [0, 0.1) is 0 Å². The van der Waals surface area contributed by atoms with Crippen LogP contribution in [0.15, 0.2) is 0 Å². The van der Waals surface area contributed by atoms with Gasteiger partial charge in [0.15, 0.2) is 0 Å². The molecule has 0 aliphatic carbocycles. The second-order valence-electron chi connectivity index (χ2n) is 6.76. The maximum Gasteiger partial charge on any atom is 0.403 e. The number of hydrogen-bond acceptors (Lipinski definition) is 3. The first-order valence-electron chi connectivity index (χ1n) is 7.87. The Morgan fingerprint density at radius 3 is 2.13 bits per heavy atom. The van der Waals surface area contributed by atoms with Gasteiger partial charge in [0.25, 0.3) is 0 Å². The number of carbonyl (C=O) groups excluding carboxylic acids is 1. The van der Waals surface area contributed by atoms with E-state index in [4.69, 9.17) is 4.74 Å². The zero-order chi connectivity index (χ0) is 17.8. The molecule has 0 aromatic rings. The summed E-state index contributed by atoms with van der Waals surface area (Å²) >= 11 is 0. The number of urea groups is 1. The van der Waals surface area contributed by atoms with Gasteiger partial charge in [0, 0.05) is 39.3 Å². The van der Waals surface area contributed by atoms with Crippen LogP contribution in [-0.4, -0.2) is 73.0 Å². The summed E-state index contributed by atoms with van der Waals surface area (Å²) in [5, 5.41) is 2.88. The molecule has 2 atom stereocenters. The zero-order valence-electron chi connectivity index (χ0n) is 14.5. The van der Waals surface area contributed by atoms with E-state index in [0.29, 0.717) is 19.5 Å². The van der Waals surface area contributed by atoms with Gasteiger partial charge in [0.1, 0.15) is 6.04 Å². The van der Waals surface area contributed by atoms with E-state index in [-0.39, 0.29) is 30.8 Å². The quantitative estimate of drug-likeness (QED) is 0.837. The molecule has 5 nitrogen and oxygen atoms in total. The lowest BCUT2D eigenvalue weighted by Gasteiger charge is -2.39. The van der Waals surface area contributed by atoms with Crippen molar-refractivity contribution in [1.82, 2.24) is 15.1 Å². The fraction of sp³-hybridized carbons (Fsp3) is 0.933. The van der Waals surface area contributed by atoms with Crippen molar-refractivity contribution in [2.24, 2.45) is 0 Å². The highest BCUT2D eigenvalue weighted by atomic mass is 19.4. The molecule has 0 bridgehead atoms. The molecule has 0 radical (unpaired) electrons. The minimum Gasteiger partial charge on any atom is -0.379 e. The molecule has 23 heavy (non-hydrogen) atoms. The molecule has 2 amide bonds. The number of methoxy groups -OCH3 is 1. The maximum absolute atomic E-state index is 12.7. The minimum atomic E-state index is -4.23. The van der Waals surface area contributed by atoms with Gasteiger partial charge >= 0.3 is 12.2 Å². The Bertz CT molecular complexity index is 394. The molecule has 1 N–H and O–H groups in total. The Hall–Kier alpha value is -1.02. The summed E-state index contributed by atoms with van der Waals surface area (Å²) < 4.78 is 43.4. The zero-order valence-corrected chi connectivity index (χ0v) is 14.5. The summed E-state index contributed by atoms with van der Waals surface area (Å²) in [6.45, 7) is 7.97. The molecular formula is C15H28F3N3O2. The van der Waals surface area contributed by atoms with Crippen LogP contribution in [-0.2, 0) is 4.74 Å². The average Bonchev–Trinajstić information content (AvgIpc) is 2.45. The van der Waals surface area contributed by atoms with E-state index < -0.39 is 12.2 Å². The predicted molar refractivity (Wildman–Crippen MR) is 82.4 cm³/mol. The van der Waals surface area contributed by atoms with Gasteiger partial charge in [0.2, 0.25) is 0 Å². The highest BCUT2D eigenvalue weighted by Crippen LogP contribution is 2.25. The molecule has 136 valence electrons. The van der Waals surface area contributed by atoms with Gasteiger partial charge in [-0.15, -0.1) is 0 Å². The first-order valence-corrected chi connectivity index (χ1v) is 7.87. The normalized spacial score (nSPS) is 20.3. The molecule has 0 unspecified atom stereocenters. The molecule has 1 heterocycles. The molecule has 1 saturated heterocycles. The fourth-order valence-electron chi connectivity index (χ4n) is 2.69. The summed E-state index contributed by atoms with van der Waals surface area (Å²) in [5.41, 5.74) is -0.340. The summed E-state index contributed by atoms with van der Waals surface area (Å²) in [5.74, 6) is 0. The highest BCUT2D eigenvalue weighted by Gasteiger charge is 2.41. The van der Waals surface area contributed by atoms with Crippen molar-refractivity contribution < 1.29 is 22.7 Å². The summed E-state index contributed by atoms with van der Waals surface area (Å²) in [6.07, 6.45) is -3.58. The predicted octanol–water partition coefficient (Wildman–Crippen LogP) is 2.47. The molecule has 1 aliphatic rings. The summed E-state index contributed by atoms with van der Waals surface area (Å²) in [7, 11) is 1.62. The van der Waals surface area contributed by atoms with E-state index in [2.05, 4.69) is 5.32 Å². The second kappa shape index (κ2) is 7.70. The minimum absolute atomic E-state index is 0.0791. The molecule has 8 heteroatoms. The molecule has 1 fully saturated rings. The van der Waals surface area contributed by atoms with Gasteiger partial charge in [-0.1, -0.05) is 0 Å². The Balaban J connectivity index is 2.44. The van der Waals surface area contributed by atoms with Crippen LogP contribution in [0.4, 0.5) is 18.0 Å². The van der Waals surface area contributed by atoms with Crippen molar-refractivity contribution in [3.63, 3.8) is 0 Å². The summed E-state index contributed by atoms with van der Waals surface area (Å²) in [6, 6.07) is -1.79. The van der Waals surface area contributed by atoms with Crippen molar-refractivity contribution in [2.45, 2.75) is 58.0 Å². The van der Waals surface area contributed by atoms with Gasteiger partial charge in [-0.25, -0.2) is 4.79 Å². The smallest absolute Gasteiger partial charge is 0.379 e.